The van der Waals surface area contributed by atoms with Gasteiger partial charge in [-0.3, -0.25) is 0 Å². The minimum atomic E-state index is 0.521. The van der Waals surface area contributed by atoms with E-state index in [2.05, 4.69) is 36.3 Å². The Morgan fingerprint density at radius 3 is 2.50 bits per heavy atom. The van der Waals surface area contributed by atoms with Crippen LogP contribution in [0, 0.1) is 5.92 Å². The largest absolute Gasteiger partial charge is 0.307 e. The molecule has 3 unspecified atom stereocenters. The summed E-state index contributed by atoms with van der Waals surface area (Å²) >= 11 is 6.01. The Morgan fingerprint density at radius 2 is 1.90 bits per heavy atom. The van der Waals surface area contributed by atoms with Crippen LogP contribution in [0.25, 0.3) is 0 Å². The zero-order chi connectivity index (χ0) is 14.1. The quantitative estimate of drug-likeness (QED) is 0.906. The fourth-order valence-electron chi connectivity index (χ4n) is 3.30. The number of piperidine rings is 1. The summed E-state index contributed by atoms with van der Waals surface area (Å²) in [5, 5.41) is 4.76. The van der Waals surface area contributed by atoms with Crippen molar-refractivity contribution >= 4 is 11.6 Å². The lowest BCUT2D eigenvalue weighted by Crippen LogP contribution is -2.46. The summed E-state index contributed by atoms with van der Waals surface area (Å²) < 4.78 is 0. The number of nitrogens with one attached hydrogen (secondary N) is 1. The monoisotopic (exact) mass is 292 g/mol. The van der Waals surface area contributed by atoms with Gasteiger partial charge in [-0.25, -0.2) is 0 Å². The van der Waals surface area contributed by atoms with Gasteiger partial charge in [-0.05, 0) is 69.8 Å². The van der Waals surface area contributed by atoms with E-state index in [-0.39, 0.29) is 0 Å². The maximum absolute atomic E-state index is 6.01. The Labute approximate surface area is 127 Å². The van der Waals surface area contributed by atoms with Crippen molar-refractivity contribution in [2.45, 2.75) is 50.7 Å². The lowest BCUT2D eigenvalue weighted by Gasteiger charge is -2.37. The van der Waals surface area contributed by atoms with Gasteiger partial charge < -0.3 is 10.2 Å². The van der Waals surface area contributed by atoms with Crippen LogP contribution in [0.3, 0.4) is 0 Å². The highest BCUT2D eigenvalue weighted by molar-refractivity contribution is 6.30. The third kappa shape index (κ3) is 3.36. The van der Waals surface area contributed by atoms with Crippen molar-refractivity contribution in [3.8, 4) is 0 Å². The molecule has 20 heavy (non-hydrogen) atoms. The van der Waals surface area contributed by atoms with Crippen LogP contribution in [0.5, 0.6) is 0 Å². The number of hydrogen-bond donors (Lipinski definition) is 1. The van der Waals surface area contributed by atoms with Crippen molar-refractivity contribution in [1.29, 1.82) is 0 Å². The fourth-order valence-corrected chi connectivity index (χ4v) is 3.42. The van der Waals surface area contributed by atoms with Crippen molar-refractivity contribution in [3.05, 3.63) is 34.9 Å². The molecule has 3 rings (SSSR count). The molecule has 1 saturated heterocycles. The molecule has 2 fully saturated rings. The average Bonchev–Trinajstić information content (AvgIpc) is 3.26. The van der Waals surface area contributed by atoms with E-state index in [1.165, 1.54) is 37.8 Å². The Balaban J connectivity index is 1.67. The first-order chi connectivity index (χ1) is 9.63. The van der Waals surface area contributed by atoms with E-state index < -0.39 is 0 Å². The second-order valence-corrected chi connectivity index (χ2v) is 7.02. The number of nitrogens with zero attached hydrogens (tertiary/aromatic N) is 1. The highest BCUT2D eigenvalue weighted by Crippen LogP contribution is 2.42. The maximum Gasteiger partial charge on any atom is 0.0406 e. The number of likely N-dealkylation sites (tertiary alicyclic amines) is 1. The molecule has 2 aliphatic rings. The lowest BCUT2D eigenvalue weighted by atomic mass is 9.95. The van der Waals surface area contributed by atoms with Crippen molar-refractivity contribution in [2.24, 2.45) is 5.92 Å². The van der Waals surface area contributed by atoms with Gasteiger partial charge in [0.2, 0.25) is 0 Å². The second kappa shape index (κ2) is 6.05. The van der Waals surface area contributed by atoms with E-state index in [1.54, 1.807) is 0 Å². The molecule has 0 spiro atoms. The first-order valence-corrected chi connectivity index (χ1v) is 8.23. The fraction of sp³-hybridized carbons (Fsp3) is 0.647. The summed E-state index contributed by atoms with van der Waals surface area (Å²) in [6, 6.07) is 10.3. The predicted molar refractivity (Wildman–Crippen MR) is 85.2 cm³/mol. The molecule has 1 aliphatic carbocycles. The smallest absolute Gasteiger partial charge is 0.0406 e. The van der Waals surface area contributed by atoms with Crippen LogP contribution in [0.15, 0.2) is 24.3 Å². The van der Waals surface area contributed by atoms with Gasteiger partial charge in [0.15, 0.2) is 0 Å². The van der Waals surface area contributed by atoms with Crippen LogP contribution >= 0.6 is 11.6 Å². The molecule has 1 saturated carbocycles. The van der Waals surface area contributed by atoms with E-state index >= 15 is 0 Å². The molecule has 1 aromatic carbocycles. The number of benzene rings is 1. The van der Waals surface area contributed by atoms with Gasteiger partial charge in [0.1, 0.15) is 0 Å². The molecular formula is C17H25ClN2. The predicted octanol–water partition coefficient (Wildman–Crippen LogP) is 3.86. The van der Waals surface area contributed by atoms with Gasteiger partial charge in [0, 0.05) is 23.1 Å². The summed E-state index contributed by atoms with van der Waals surface area (Å²) in [7, 11) is 2.23. The lowest BCUT2D eigenvalue weighted by molar-refractivity contribution is 0.160. The molecule has 1 aromatic rings. The normalized spacial score (nSPS) is 29.4. The highest BCUT2D eigenvalue weighted by Gasteiger charge is 2.34. The Kier molecular flexibility index (Phi) is 4.34. The third-order valence-electron chi connectivity index (χ3n) is 4.95. The first kappa shape index (κ1) is 14.4. The van der Waals surface area contributed by atoms with Crippen LogP contribution in [0.1, 0.15) is 44.2 Å². The number of hydrogen-bond acceptors (Lipinski definition) is 2. The Bertz CT molecular complexity index is 441. The first-order valence-electron chi connectivity index (χ1n) is 7.85. The van der Waals surface area contributed by atoms with E-state index in [4.69, 9.17) is 11.6 Å². The standard InChI is InChI=1S/C17H25ClN2/c1-12-11-16(9-10-20(12)2)19-17(13-3-4-13)14-5-7-15(18)8-6-14/h5-8,12-13,16-17,19H,3-4,9-11H2,1-2H3. The number of rotatable bonds is 4. The van der Waals surface area contributed by atoms with Crippen LogP contribution < -0.4 is 5.32 Å². The summed E-state index contributed by atoms with van der Waals surface area (Å²) in [6.45, 7) is 3.54. The van der Waals surface area contributed by atoms with E-state index in [0.717, 1.165) is 10.9 Å². The molecule has 3 heteroatoms. The second-order valence-electron chi connectivity index (χ2n) is 6.58. The molecule has 3 atom stereocenters. The van der Waals surface area contributed by atoms with Gasteiger partial charge in [-0.15, -0.1) is 0 Å². The van der Waals surface area contributed by atoms with Gasteiger partial charge in [0.25, 0.3) is 0 Å². The van der Waals surface area contributed by atoms with Gasteiger partial charge in [0.05, 0.1) is 0 Å². The van der Waals surface area contributed by atoms with Crippen molar-refractivity contribution in [2.75, 3.05) is 13.6 Å². The molecule has 0 aromatic heterocycles. The topological polar surface area (TPSA) is 15.3 Å². The summed E-state index contributed by atoms with van der Waals surface area (Å²) in [5.74, 6) is 0.825. The summed E-state index contributed by atoms with van der Waals surface area (Å²) in [5.41, 5.74) is 1.41. The Morgan fingerprint density at radius 1 is 1.20 bits per heavy atom. The summed E-state index contributed by atoms with van der Waals surface area (Å²) in [6.07, 6.45) is 5.25. The number of halogens is 1. The average molecular weight is 293 g/mol. The minimum absolute atomic E-state index is 0.521. The molecule has 0 bridgehead atoms. The molecule has 1 aliphatic heterocycles. The van der Waals surface area contributed by atoms with Crippen molar-refractivity contribution < 1.29 is 0 Å². The van der Waals surface area contributed by atoms with Crippen LogP contribution in [0.4, 0.5) is 0 Å². The molecule has 1 N–H and O–H groups in total. The molecule has 110 valence electrons. The molecule has 1 heterocycles. The van der Waals surface area contributed by atoms with E-state index in [9.17, 15) is 0 Å². The highest BCUT2D eigenvalue weighted by atomic mass is 35.5. The zero-order valence-electron chi connectivity index (χ0n) is 12.5. The maximum atomic E-state index is 6.01. The van der Waals surface area contributed by atoms with Gasteiger partial charge in [-0.1, -0.05) is 23.7 Å². The van der Waals surface area contributed by atoms with Gasteiger partial charge >= 0.3 is 0 Å². The van der Waals surface area contributed by atoms with Gasteiger partial charge in [-0.2, -0.15) is 0 Å². The van der Waals surface area contributed by atoms with E-state index in [0.29, 0.717) is 18.1 Å². The SMILES string of the molecule is CC1CC(NC(c2ccc(Cl)cc2)C2CC2)CCN1C. The molecular weight excluding hydrogens is 268 g/mol. The third-order valence-corrected chi connectivity index (χ3v) is 5.20. The van der Waals surface area contributed by atoms with Crippen LogP contribution in [-0.4, -0.2) is 30.6 Å². The Hall–Kier alpha value is -0.570. The van der Waals surface area contributed by atoms with Crippen molar-refractivity contribution in [1.82, 2.24) is 10.2 Å². The molecule has 2 nitrogen and oxygen atoms in total. The zero-order valence-corrected chi connectivity index (χ0v) is 13.2. The minimum Gasteiger partial charge on any atom is -0.307 e. The van der Waals surface area contributed by atoms with Crippen LogP contribution in [0.2, 0.25) is 5.02 Å². The molecule has 0 radical (unpaired) electrons. The van der Waals surface area contributed by atoms with Crippen LogP contribution in [-0.2, 0) is 0 Å². The van der Waals surface area contributed by atoms with E-state index in [1.807, 2.05) is 12.1 Å². The summed E-state index contributed by atoms with van der Waals surface area (Å²) in [4.78, 5) is 2.46. The molecule has 0 amide bonds. The van der Waals surface area contributed by atoms with Crippen molar-refractivity contribution in [3.63, 3.8) is 0 Å².